The molecular formula is C18H17Cl2N3O4. The lowest BCUT2D eigenvalue weighted by molar-refractivity contribution is -0.120. The summed E-state index contributed by atoms with van der Waals surface area (Å²) >= 11 is 11.7. The summed E-state index contributed by atoms with van der Waals surface area (Å²) in [6.07, 6.45) is 1.46. The molecule has 0 spiro atoms. The number of halogens is 2. The Hall–Kier alpha value is -2.77. The molecule has 9 heteroatoms. The van der Waals surface area contributed by atoms with Crippen molar-refractivity contribution in [1.82, 2.24) is 10.7 Å². The first-order valence-electron chi connectivity index (χ1n) is 7.83. The van der Waals surface area contributed by atoms with E-state index in [1.807, 2.05) is 0 Å². The van der Waals surface area contributed by atoms with Crippen molar-refractivity contribution in [2.45, 2.75) is 6.42 Å². The Kier molecular flexibility index (Phi) is 7.45. The number of amides is 2. The van der Waals surface area contributed by atoms with E-state index in [9.17, 15) is 14.7 Å². The SMILES string of the molecule is COc1cc(C=NNC(=O)CCNC(=O)c2ccc(Cl)c(Cl)c2)ccc1O. The average Bonchev–Trinajstić information content (AvgIpc) is 2.65. The number of carbonyl (C=O) groups excluding carboxylic acids is 2. The van der Waals surface area contributed by atoms with Gasteiger partial charge in [-0.3, -0.25) is 9.59 Å². The van der Waals surface area contributed by atoms with Crippen LogP contribution in [0.3, 0.4) is 0 Å². The van der Waals surface area contributed by atoms with Crippen LogP contribution >= 0.6 is 23.2 Å². The minimum Gasteiger partial charge on any atom is -0.504 e. The molecule has 27 heavy (non-hydrogen) atoms. The highest BCUT2D eigenvalue weighted by atomic mass is 35.5. The first kappa shape index (κ1) is 20.5. The molecule has 0 aromatic heterocycles. The molecule has 0 atom stereocenters. The van der Waals surface area contributed by atoms with Gasteiger partial charge in [-0.15, -0.1) is 0 Å². The summed E-state index contributed by atoms with van der Waals surface area (Å²) in [5, 5.41) is 16.6. The van der Waals surface area contributed by atoms with E-state index in [4.69, 9.17) is 27.9 Å². The standard InChI is InChI=1S/C18H17Cl2N3O4/c1-27-16-8-11(2-5-15(16)24)10-22-23-17(25)6-7-21-18(26)12-3-4-13(19)14(20)9-12/h2-5,8-10,24H,6-7H2,1H3,(H,21,26)(H,23,25). The maximum absolute atomic E-state index is 12.0. The fraction of sp³-hybridized carbons (Fsp3) is 0.167. The summed E-state index contributed by atoms with van der Waals surface area (Å²) in [6.45, 7) is 0.132. The van der Waals surface area contributed by atoms with E-state index in [0.717, 1.165) is 0 Å². The van der Waals surface area contributed by atoms with E-state index in [1.165, 1.54) is 31.5 Å². The van der Waals surface area contributed by atoms with Gasteiger partial charge in [0.25, 0.3) is 5.91 Å². The van der Waals surface area contributed by atoms with Crippen molar-refractivity contribution in [3.05, 3.63) is 57.6 Å². The van der Waals surface area contributed by atoms with Gasteiger partial charge in [-0.05, 0) is 42.0 Å². The third-order valence-electron chi connectivity index (χ3n) is 3.43. The van der Waals surface area contributed by atoms with E-state index in [2.05, 4.69) is 15.8 Å². The van der Waals surface area contributed by atoms with E-state index in [-0.39, 0.29) is 35.6 Å². The number of ether oxygens (including phenoxy) is 1. The summed E-state index contributed by atoms with van der Waals surface area (Å²) < 4.78 is 4.98. The fourth-order valence-corrected chi connectivity index (χ4v) is 2.34. The Morgan fingerprint density at radius 2 is 1.96 bits per heavy atom. The zero-order chi connectivity index (χ0) is 19.8. The first-order chi connectivity index (χ1) is 12.9. The Bertz CT molecular complexity index is 872. The summed E-state index contributed by atoms with van der Waals surface area (Å²) in [5.41, 5.74) is 3.34. The molecule has 2 aromatic carbocycles. The second-order valence-electron chi connectivity index (χ2n) is 5.36. The fourth-order valence-electron chi connectivity index (χ4n) is 2.04. The lowest BCUT2D eigenvalue weighted by Crippen LogP contribution is -2.29. The molecule has 0 saturated carbocycles. The van der Waals surface area contributed by atoms with Crippen molar-refractivity contribution in [3.63, 3.8) is 0 Å². The molecule has 3 N–H and O–H groups in total. The van der Waals surface area contributed by atoms with Crippen LogP contribution in [-0.2, 0) is 4.79 Å². The molecule has 2 aromatic rings. The van der Waals surface area contributed by atoms with Crippen LogP contribution < -0.4 is 15.5 Å². The number of nitrogens with zero attached hydrogens (tertiary/aromatic N) is 1. The summed E-state index contributed by atoms with van der Waals surface area (Å²) in [6, 6.07) is 9.17. The van der Waals surface area contributed by atoms with Gasteiger partial charge in [-0.2, -0.15) is 5.10 Å². The highest BCUT2D eigenvalue weighted by Crippen LogP contribution is 2.25. The molecule has 0 radical (unpaired) electrons. The maximum atomic E-state index is 12.0. The number of hydrazone groups is 1. The molecule has 142 valence electrons. The van der Waals surface area contributed by atoms with Crippen LogP contribution in [0.5, 0.6) is 11.5 Å². The van der Waals surface area contributed by atoms with Gasteiger partial charge in [-0.1, -0.05) is 23.2 Å². The quantitative estimate of drug-likeness (QED) is 0.483. The van der Waals surface area contributed by atoms with Gasteiger partial charge in [-0.25, -0.2) is 5.43 Å². The van der Waals surface area contributed by atoms with Crippen molar-refractivity contribution < 1.29 is 19.4 Å². The number of hydrogen-bond acceptors (Lipinski definition) is 5. The second kappa shape index (κ2) is 9.80. The van der Waals surface area contributed by atoms with Gasteiger partial charge < -0.3 is 15.2 Å². The molecule has 0 aliphatic rings. The number of benzene rings is 2. The first-order valence-corrected chi connectivity index (χ1v) is 8.58. The number of phenolic OH excluding ortho intramolecular Hbond substituents is 1. The number of methoxy groups -OCH3 is 1. The highest BCUT2D eigenvalue weighted by molar-refractivity contribution is 6.42. The van der Waals surface area contributed by atoms with Gasteiger partial charge in [0.15, 0.2) is 11.5 Å². The smallest absolute Gasteiger partial charge is 0.251 e. The zero-order valence-corrected chi connectivity index (χ0v) is 15.8. The average molecular weight is 410 g/mol. The van der Waals surface area contributed by atoms with Gasteiger partial charge in [0, 0.05) is 18.5 Å². The molecule has 2 amide bonds. The maximum Gasteiger partial charge on any atom is 0.251 e. The summed E-state index contributed by atoms with van der Waals surface area (Å²) in [4.78, 5) is 23.7. The van der Waals surface area contributed by atoms with Crippen LogP contribution in [0.2, 0.25) is 10.0 Å². The lowest BCUT2D eigenvalue weighted by Gasteiger charge is -2.06. The van der Waals surface area contributed by atoms with Crippen molar-refractivity contribution in [3.8, 4) is 11.5 Å². The molecule has 0 aliphatic heterocycles. The van der Waals surface area contributed by atoms with Crippen LogP contribution in [0, 0.1) is 0 Å². The minimum absolute atomic E-state index is 0.0106. The van der Waals surface area contributed by atoms with Gasteiger partial charge in [0.05, 0.1) is 23.4 Å². The van der Waals surface area contributed by atoms with E-state index in [0.29, 0.717) is 21.9 Å². The third kappa shape index (κ3) is 6.16. The number of phenols is 1. The molecule has 0 saturated heterocycles. The van der Waals surface area contributed by atoms with Crippen molar-refractivity contribution in [1.29, 1.82) is 0 Å². The third-order valence-corrected chi connectivity index (χ3v) is 4.17. The van der Waals surface area contributed by atoms with Crippen molar-refractivity contribution in [2.75, 3.05) is 13.7 Å². The van der Waals surface area contributed by atoms with Crippen molar-refractivity contribution >= 4 is 41.2 Å². The number of rotatable bonds is 7. The highest BCUT2D eigenvalue weighted by Gasteiger charge is 2.08. The zero-order valence-electron chi connectivity index (χ0n) is 14.3. The minimum atomic E-state index is -0.369. The van der Waals surface area contributed by atoms with Crippen LogP contribution in [0.4, 0.5) is 0 Å². The van der Waals surface area contributed by atoms with Crippen molar-refractivity contribution in [2.24, 2.45) is 5.10 Å². The van der Waals surface area contributed by atoms with E-state index >= 15 is 0 Å². The number of carbonyl (C=O) groups is 2. The Balaban J connectivity index is 1.77. The molecule has 0 bridgehead atoms. The Morgan fingerprint density at radius 3 is 2.67 bits per heavy atom. The molecular weight excluding hydrogens is 393 g/mol. The van der Waals surface area contributed by atoms with Gasteiger partial charge in [0.2, 0.25) is 5.91 Å². The molecule has 7 nitrogen and oxygen atoms in total. The van der Waals surface area contributed by atoms with E-state index < -0.39 is 0 Å². The second-order valence-corrected chi connectivity index (χ2v) is 6.17. The predicted molar refractivity (Wildman–Crippen MR) is 104 cm³/mol. The summed E-state index contributed by atoms with van der Waals surface area (Å²) in [5.74, 6) is -0.417. The number of hydrogen-bond donors (Lipinski definition) is 3. The predicted octanol–water partition coefficient (Wildman–Crippen LogP) is 2.98. The topological polar surface area (TPSA) is 100 Å². The molecule has 2 rings (SSSR count). The van der Waals surface area contributed by atoms with Crippen LogP contribution in [0.15, 0.2) is 41.5 Å². The lowest BCUT2D eigenvalue weighted by atomic mass is 10.2. The number of aromatic hydroxyl groups is 1. The Labute approximate surface area is 165 Å². The molecule has 0 aliphatic carbocycles. The largest absolute Gasteiger partial charge is 0.504 e. The normalized spacial score (nSPS) is 10.6. The molecule has 0 fully saturated rings. The molecule has 0 heterocycles. The summed E-state index contributed by atoms with van der Waals surface area (Å²) in [7, 11) is 1.43. The Morgan fingerprint density at radius 1 is 1.19 bits per heavy atom. The van der Waals surface area contributed by atoms with Crippen LogP contribution in [0.1, 0.15) is 22.3 Å². The number of nitrogens with one attached hydrogen (secondary N) is 2. The monoisotopic (exact) mass is 409 g/mol. The van der Waals surface area contributed by atoms with E-state index in [1.54, 1.807) is 18.2 Å². The van der Waals surface area contributed by atoms with Crippen LogP contribution in [-0.4, -0.2) is 36.8 Å². The van der Waals surface area contributed by atoms with Gasteiger partial charge >= 0.3 is 0 Å². The van der Waals surface area contributed by atoms with Crippen LogP contribution in [0.25, 0.3) is 0 Å². The molecule has 0 unspecified atom stereocenters. The van der Waals surface area contributed by atoms with Gasteiger partial charge in [0.1, 0.15) is 0 Å².